The van der Waals surface area contributed by atoms with Crippen molar-refractivity contribution in [3.8, 4) is 17.1 Å². The minimum Gasteiger partial charge on any atom is -0.491 e. The van der Waals surface area contributed by atoms with E-state index in [1.807, 2.05) is 13.8 Å². The number of hydrogen-bond donors (Lipinski definition) is 0. The third-order valence-corrected chi connectivity index (χ3v) is 6.11. The molecule has 0 N–H and O–H groups in total. The standard InChI is InChI=1S/C19H20F3N3O3S/c1-5-29(26,27)16-8-12(28-11(2)3)6-7-13(16)18-24-14-9-17(19(20,21)22)23-10-15(14)25(18)4/h6-11H,5H2,1-4H3. The second-order valence-corrected chi connectivity index (χ2v) is 9.03. The molecule has 3 rings (SSSR count). The van der Waals surface area contributed by atoms with Crippen LogP contribution in [0.4, 0.5) is 13.2 Å². The fourth-order valence-corrected chi connectivity index (χ4v) is 4.03. The normalized spacial score (nSPS) is 12.7. The largest absolute Gasteiger partial charge is 0.491 e. The number of sulfone groups is 1. The summed E-state index contributed by atoms with van der Waals surface area (Å²) < 4.78 is 71.4. The number of hydrogen-bond acceptors (Lipinski definition) is 5. The summed E-state index contributed by atoms with van der Waals surface area (Å²) >= 11 is 0. The van der Waals surface area contributed by atoms with Crippen LogP contribution in [0.1, 0.15) is 26.5 Å². The Morgan fingerprint density at radius 2 is 1.90 bits per heavy atom. The van der Waals surface area contributed by atoms with Crippen molar-refractivity contribution in [1.82, 2.24) is 14.5 Å². The summed E-state index contributed by atoms with van der Waals surface area (Å²) in [5.41, 5.74) is -0.338. The summed E-state index contributed by atoms with van der Waals surface area (Å²) in [7, 11) is -2.05. The second kappa shape index (κ2) is 7.33. The average molecular weight is 427 g/mol. The number of fused-ring (bicyclic) bond motifs is 1. The molecule has 3 aromatic rings. The van der Waals surface area contributed by atoms with Gasteiger partial charge in [-0.05, 0) is 38.1 Å². The number of aromatic nitrogens is 3. The summed E-state index contributed by atoms with van der Waals surface area (Å²) in [6.45, 7) is 5.15. The Kier molecular flexibility index (Phi) is 5.33. The van der Waals surface area contributed by atoms with Crippen LogP contribution in [0.5, 0.6) is 5.75 Å². The molecule has 0 amide bonds. The molecule has 1 aromatic carbocycles. The van der Waals surface area contributed by atoms with E-state index in [-0.39, 0.29) is 33.7 Å². The van der Waals surface area contributed by atoms with Gasteiger partial charge < -0.3 is 9.30 Å². The van der Waals surface area contributed by atoms with E-state index in [0.717, 1.165) is 12.3 Å². The molecule has 0 bridgehead atoms. The molecule has 2 aromatic heterocycles. The van der Waals surface area contributed by atoms with Crippen molar-refractivity contribution in [2.75, 3.05) is 5.75 Å². The van der Waals surface area contributed by atoms with Crippen LogP contribution in [-0.2, 0) is 23.1 Å². The van der Waals surface area contributed by atoms with E-state index in [0.29, 0.717) is 11.3 Å². The molecule has 2 heterocycles. The molecule has 156 valence electrons. The Balaban J connectivity index is 2.24. The van der Waals surface area contributed by atoms with E-state index in [1.165, 1.54) is 17.6 Å². The molecule has 0 saturated carbocycles. The van der Waals surface area contributed by atoms with Crippen molar-refractivity contribution in [1.29, 1.82) is 0 Å². The van der Waals surface area contributed by atoms with Gasteiger partial charge in [0.1, 0.15) is 17.3 Å². The SMILES string of the molecule is CCS(=O)(=O)c1cc(OC(C)C)ccc1-c1nc2cc(C(F)(F)F)ncc2n1C. The number of ether oxygens (including phenoxy) is 1. The summed E-state index contributed by atoms with van der Waals surface area (Å²) in [4.78, 5) is 7.74. The zero-order chi connectivity index (χ0) is 21.6. The molecule has 0 aliphatic rings. The van der Waals surface area contributed by atoms with E-state index < -0.39 is 21.7 Å². The van der Waals surface area contributed by atoms with Gasteiger partial charge in [-0.15, -0.1) is 0 Å². The van der Waals surface area contributed by atoms with Gasteiger partial charge in [0, 0.05) is 12.6 Å². The lowest BCUT2D eigenvalue weighted by molar-refractivity contribution is -0.141. The van der Waals surface area contributed by atoms with E-state index >= 15 is 0 Å². The summed E-state index contributed by atoms with van der Waals surface area (Å²) in [5.74, 6) is 0.467. The lowest BCUT2D eigenvalue weighted by Gasteiger charge is -2.14. The number of aryl methyl sites for hydroxylation is 1. The highest BCUT2D eigenvalue weighted by Crippen LogP contribution is 2.34. The third kappa shape index (κ3) is 4.07. The van der Waals surface area contributed by atoms with Crippen molar-refractivity contribution in [2.45, 2.75) is 37.9 Å². The molecule has 6 nitrogen and oxygen atoms in total. The molecule has 0 atom stereocenters. The first-order valence-corrected chi connectivity index (χ1v) is 10.5. The van der Waals surface area contributed by atoms with Crippen molar-refractivity contribution < 1.29 is 26.3 Å². The van der Waals surface area contributed by atoms with Gasteiger partial charge in [0.25, 0.3) is 0 Å². The summed E-state index contributed by atoms with van der Waals surface area (Å²) in [6, 6.07) is 5.44. The number of rotatable bonds is 5. The highest BCUT2D eigenvalue weighted by Gasteiger charge is 2.33. The highest BCUT2D eigenvalue weighted by atomic mass is 32.2. The van der Waals surface area contributed by atoms with Crippen LogP contribution >= 0.6 is 0 Å². The van der Waals surface area contributed by atoms with Crippen LogP contribution in [0.3, 0.4) is 0 Å². The molecule has 0 spiro atoms. The minimum absolute atomic E-state index is 0.0144. The first-order valence-electron chi connectivity index (χ1n) is 8.87. The van der Waals surface area contributed by atoms with Crippen LogP contribution in [0.15, 0.2) is 35.4 Å². The molecule has 0 unspecified atom stereocenters. The molecule has 0 aliphatic heterocycles. The van der Waals surface area contributed by atoms with Crippen LogP contribution < -0.4 is 4.74 Å². The van der Waals surface area contributed by atoms with Gasteiger partial charge in [-0.2, -0.15) is 13.2 Å². The monoisotopic (exact) mass is 427 g/mol. The Labute approximate surface area is 166 Å². The third-order valence-electron chi connectivity index (χ3n) is 4.34. The van der Waals surface area contributed by atoms with Gasteiger partial charge in [-0.25, -0.2) is 18.4 Å². The Morgan fingerprint density at radius 3 is 2.48 bits per heavy atom. The zero-order valence-electron chi connectivity index (χ0n) is 16.3. The smallest absolute Gasteiger partial charge is 0.433 e. The van der Waals surface area contributed by atoms with Gasteiger partial charge in [-0.1, -0.05) is 6.92 Å². The maximum Gasteiger partial charge on any atom is 0.433 e. The van der Waals surface area contributed by atoms with Gasteiger partial charge in [0.2, 0.25) is 0 Å². The van der Waals surface area contributed by atoms with Crippen molar-refractivity contribution >= 4 is 20.9 Å². The molecule has 0 radical (unpaired) electrons. The number of pyridine rings is 1. The number of benzene rings is 1. The molecule has 0 fully saturated rings. The average Bonchev–Trinajstić information content (AvgIpc) is 2.96. The van der Waals surface area contributed by atoms with Crippen molar-refractivity contribution in [3.05, 3.63) is 36.2 Å². The zero-order valence-corrected chi connectivity index (χ0v) is 17.1. The first kappa shape index (κ1) is 21.1. The quantitative estimate of drug-likeness (QED) is 0.609. The molecular formula is C19H20F3N3O3S. The van der Waals surface area contributed by atoms with E-state index in [1.54, 1.807) is 19.2 Å². The maximum absolute atomic E-state index is 13.0. The molecule has 0 aliphatic carbocycles. The number of halogens is 3. The minimum atomic E-state index is -4.60. The number of imidazole rings is 1. The topological polar surface area (TPSA) is 74.1 Å². The number of alkyl halides is 3. The van der Waals surface area contributed by atoms with E-state index in [2.05, 4.69) is 9.97 Å². The first-order chi connectivity index (χ1) is 13.4. The molecular weight excluding hydrogens is 407 g/mol. The van der Waals surface area contributed by atoms with Crippen LogP contribution in [0.2, 0.25) is 0 Å². The Bertz CT molecular complexity index is 1170. The van der Waals surface area contributed by atoms with Crippen molar-refractivity contribution in [3.63, 3.8) is 0 Å². The van der Waals surface area contributed by atoms with Crippen LogP contribution in [0.25, 0.3) is 22.4 Å². The van der Waals surface area contributed by atoms with Gasteiger partial charge in [0.05, 0.1) is 34.0 Å². The van der Waals surface area contributed by atoms with Crippen molar-refractivity contribution in [2.24, 2.45) is 7.05 Å². The Morgan fingerprint density at radius 1 is 1.21 bits per heavy atom. The van der Waals surface area contributed by atoms with Crippen LogP contribution in [-0.4, -0.2) is 34.8 Å². The van der Waals surface area contributed by atoms with Crippen LogP contribution in [0, 0.1) is 0 Å². The highest BCUT2D eigenvalue weighted by molar-refractivity contribution is 7.91. The van der Waals surface area contributed by atoms with E-state index in [9.17, 15) is 21.6 Å². The fourth-order valence-electron chi connectivity index (χ4n) is 2.93. The lowest BCUT2D eigenvalue weighted by Crippen LogP contribution is -2.10. The van der Waals surface area contributed by atoms with E-state index in [4.69, 9.17) is 4.74 Å². The summed E-state index contributed by atoms with van der Waals surface area (Å²) in [5, 5.41) is 0. The Hall–Kier alpha value is -2.62. The predicted octanol–water partition coefficient (Wildman–Crippen LogP) is 4.23. The van der Waals surface area contributed by atoms with Gasteiger partial charge in [-0.3, -0.25) is 0 Å². The summed E-state index contributed by atoms with van der Waals surface area (Å²) in [6.07, 6.45) is -3.67. The lowest BCUT2D eigenvalue weighted by atomic mass is 10.2. The number of nitrogens with zero attached hydrogens (tertiary/aromatic N) is 3. The fraction of sp³-hybridized carbons (Fsp3) is 0.368. The molecule has 0 saturated heterocycles. The maximum atomic E-state index is 13.0. The predicted molar refractivity (Wildman–Crippen MR) is 102 cm³/mol. The molecule has 29 heavy (non-hydrogen) atoms. The second-order valence-electron chi connectivity index (χ2n) is 6.78. The van der Waals surface area contributed by atoms with Gasteiger partial charge >= 0.3 is 6.18 Å². The molecule has 10 heteroatoms. The van der Waals surface area contributed by atoms with Gasteiger partial charge in [0.15, 0.2) is 9.84 Å².